The number of aliphatic hydroxyl groups is 5. The van der Waals surface area contributed by atoms with E-state index in [9.17, 15) is 34.5 Å². The Balaban J connectivity index is 1.80. The van der Waals surface area contributed by atoms with Gasteiger partial charge in [0.25, 0.3) is 5.82 Å². The number of ether oxygens (including phenoxy) is 2. The topological polar surface area (TPSA) is 251 Å². The molecule has 3 aliphatic heterocycles. The van der Waals surface area contributed by atoms with Crippen LogP contribution in [0.2, 0.25) is 0 Å². The molecule has 3 aliphatic rings. The van der Waals surface area contributed by atoms with Gasteiger partial charge in [-0.25, -0.2) is 4.57 Å². The highest BCUT2D eigenvalue weighted by Crippen LogP contribution is 2.48. The number of aliphatic imine (C=N–C) groups is 1. The summed E-state index contributed by atoms with van der Waals surface area (Å²) in [5, 5.41) is 51.6. The van der Waals surface area contributed by atoms with Crippen molar-refractivity contribution >= 4 is 31.5 Å². The number of phosphoric ester groups is 1. The Labute approximate surface area is 184 Å². The normalized spacial score (nSPS) is 40.5. The van der Waals surface area contributed by atoms with Gasteiger partial charge in [-0.05, 0) is 0 Å². The van der Waals surface area contributed by atoms with Crippen molar-refractivity contribution in [2.24, 2.45) is 4.99 Å². The third-order valence-electron chi connectivity index (χ3n) is 5.71. The largest absolute Gasteiger partial charge is 0.469 e. The van der Waals surface area contributed by atoms with Crippen LogP contribution in [0, 0.1) is 6.08 Å². The number of hydrogen-bond donors (Lipinski definition) is 8. The number of nitrogens with zero attached hydrogens (tertiary/aromatic N) is 4. The molecule has 0 spiro atoms. The molecular formula is C15H22FN5O11P+. The number of hydrogen-bond acceptors (Lipinski definition) is 13. The fourth-order valence-electron chi connectivity index (χ4n) is 4.18. The summed E-state index contributed by atoms with van der Waals surface area (Å²) < 4.78 is 39.7. The summed E-state index contributed by atoms with van der Waals surface area (Å²) in [6.45, 7) is -1.56. The summed E-state index contributed by atoms with van der Waals surface area (Å²) >= 11 is 0. The molecule has 33 heavy (non-hydrogen) atoms. The molecule has 0 aromatic carbocycles. The van der Waals surface area contributed by atoms with Gasteiger partial charge in [0.15, 0.2) is 23.7 Å². The molecule has 9 atom stereocenters. The molecule has 18 heteroatoms. The van der Waals surface area contributed by atoms with Gasteiger partial charge in [-0.15, -0.1) is 4.98 Å². The van der Waals surface area contributed by atoms with Gasteiger partial charge in [-0.2, -0.15) is 18.8 Å². The van der Waals surface area contributed by atoms with Gasteiger partial charge in [0.1, 0.15) is 24.4 Å². The molecule has 0 amide bonds. The average molecular weight is 498 g/mol. The second-order valence-electron chi connectivity index (χ2n) is 7.69. The SMILES string of the molecule is Nc1nc(F)nc2c1N=C[N+]2(C1O[C@H](CO)[C@@H](O)[C@@H]1O)[C@@H]1O[C@H](COP(=O)(O)O)[C@@H](O)[C@H]1O. The van der Waals surface area contributed by atoms with Gasteiger partial charge in [0.2, 0.25) is 18.8 Å². The number of halogens is 1. The molecule has 4 rings (SSSR count). The van der Waals surface area contributed by atoms with Crippen molar-refractivity contribution in [1.29, 1.82) is 0 Å². The number of rotatable bonds is 6. The maximum Gasteiger partial charge on any atom is 0.469 e. The predicted molar refractivity (Wildman–Crippen MR) is 103 cm³/mol. The lowest BCUT2D eigenvalue weighted by molar-refractivity contribution is -0.147. The van der Waals surface area contributed by atoms with E-state index in [1.54, 1.807) is 0 Å². The van der Waals surface area contributed by atoms with Gasteiger partial charge in [-0.3, -0.25) is 4.52 Å². The number of nitrogens with two attached hydrogens (primary N) is 1. The Morgan fingerprint density at radius 3 is 2.18 bits per heavy atom. The molecule has 9 N–H and O–H groups in total. The molecule has 1 aromatic rings. The third kappa shape index (κ3) is 3.95. The number of anilines is 1. The Morgan fingerprint density at radius 1 is 1.06 bits per heavy atom. The van der Waals surface area contributed by atoms with Crippen LogP contribution in [-0.2, 0) is 18.6 Å². The Hall–Kier alpha value is -1.73. The van der Waals surface area contributed by atoms with Crippen LogP contribution < -0.4 is 10.2 Å². The number of quaternary nitrogens is 1. The monoisotopic (exact) mass is 498 g/mol. The lowest BCUT2D eigenvalue weighted by Gasteiger charge is -2.40. The summed E-state index contributed by atoms with van der Waals surface area (Å²) in [5.74, 6) is -0.766. The zero-order valence-corrected chi connectivity index (χ0v) is 17.5. The van der Waals surface area contributed by atoms with Gasteiger partial charge in [0.05, 0.1) is 13.2 Å². The van der Waals surface area contributed by atoms with Crippen molar-refractivity contribution in [3.8, 4) is 0 Å². The molecule has 0 aliphatic carbocycles. The van der Waals surface area contributed by atoms with E-state index in [4.69, 9.17) is 25.0 Å². The molecule has 2 unspecified atom stereocenters. The van der Waals surface area contributed by atoms with Gasteiger partial charge >= 0.3 is 13.9 Å². The minimum atomic E-state index is -4.96. The lowest BCUT2D eigenvalue weighted by atomic mass is 10.1. The first-order valence-corrected chi connectivity index (χ1v) is 11.0. The van der Waals surface area contributed by atoms with Crippen LogP contribution in [0.3, 0.4) is 0 Å². The van der Waals surface area contributed by atoms with Crippen molar-refractivity contribution < 1.29 is 58.3 Å². The highest BCUT2D eigenvalue weighted by molar-refractivity contribution is 7.46. The average Bonchev–Trinajstić information content (AvgIpc) is 3.34. The molecule has 16 nitrogen and oxygen atoms in total. The van der Waals surface area contributed by atoms with Crippen LogP contribution in [-0.4, -0.2) is 114 Å². The summed E-state index contributed by atoms with van der Waals surface area (Å²) in [6.07, 6.45) is -13.3. The summed E-state index contributed by atoms with van der Waals surface area (Å²) in [4.78, 5) is 28.9. The second-order valence-corrected chi connectivity index (χ2v) is 8.93. The molecule has 184 valence electrons. The van der Waals surface area contributed by atoms with E-state index in [2.05, 4.69) is 19.5 Å². The van der Waals surface area contributed by atoms with E-state index in [1.165, 1.54) is 0 Å². The van der Waals surface area contributed by atoms with Crippen LogP contribution in [0.4, 0.5) is 21.7 Å². The maximum absolute atomic E-state index is 14.1. The van der Waals surface area contributed by atoms with Crippen LogP contribution in [0.5, 0.6) is 0 Å². The fourth-order valence-corrected chi connectivity index (χ4v) is 4.52. The van der Waals surface area contributed by atoms with Gasteiger partial charge < -0.3 is 50.5 Å². The van der Waals surface area contributed by atoms with Crippen molar-refractivity contribution in [1.82, 2.24) is 14.5 Å². The summed E-state index contributed by atoms with van der Waals surface area (Å²) in [7, 11) is -4.96. The molecule has 2 fully saturated rings. The molecular weight excluding hydrogens is 476 g/mol. The number of fused-ring (bicyclic) bond motifs is 1. The first-order chi connectivity index (χ1) is 15.4. The Kier molecular flexibility index (Phi) is 6.28. The molecule has 1 aromatic heterocycles. The molecule has 2 saturated heterocycles. The first-order valence-electron chi connectivity index (χ1n) is 9.51. The Morgan fingerprint density at radius 2 is 1.64 bits per heavy atom. The second kappa shape index (κ2) is 8.49. The quantitative estimate of drug-likeness (QED) is 0.106. The van der Waals surface area contributed by atoms with E-state index >= 15 is 0 Å². The highest BCUT2D eigenvalue weighted by Gasteiger charge is 2.66. The van der Waals surface area contributed by atoms with Crippen LogP contribution in [0.25, 0.3) is 0 Å². The molecule has 0 radical (unpaired) electrons. The van der Waals surface area contributed by atoms with Crippen LogP contribution in [0.15, 0.2) is 4.99 Å². The zero-order valence-electron chi connectivity index (χ0n) is 16.6. The van der Waals surface area contributed by atoms with Gasteiger partial charge in [0, 0.05) is 0 Å². The van der Waals surface area contributed by atoms with Gasteiger partial charge in [-0.1, -0.05) is 0 Å². The summed E-state index contributed by atoms with van der Waals surface area (Å²) in [5.41, 5.74) is 5.55. The number of aromatic nitrogens is 2. The van der Waals surface area contributed by atoms with Crippen LogP contribution in [0.1, 0.15) is 0 Å². The van der Waals surface area contributed by atoms with Crippen molar-refractivity contribution in [2.45, 2.75) is 49.1 Å². The van der Waals surface area contributed by atoms with E-state index < -0.39 is 86.5 Å². The molecule has 0 bridgehead atoms. The van der Waals surface area contributed by atoms with Crippen molar-refractivity contribution in [3.63, 3.8) is 0 Å². The smallest absolute Gasteiger partial charge is 0.394 e. The highest BCUT2D eigenvalue weighted by atomic mass is 31.2. The molecule has 0 saturated carbocycles. The van der Waals surface area contributed by atoms with E-state index in [1.807, 2.05) is 0 Å². The standard InChI is InChI=1S/C15H21FN5O11P/c16-15-19-11(17)6-12(20-15)21(3-18-6,13-9(25)7(23)4(1-22)31-13)14-10(26)8(24)5(32-14)2-30-33(27,28)29/h3-5,7-10,13-14,22-26H,1-2H2,(H3-,17,19,20,27,28,29)/p+1/t4-,5-,7-,8-,9+,10-,13?,14-,21?/m1/s1. The van der Waals surface area contributed by atoms with Crippen molar-refractivity contribution in [2.75, 3.05) is 18.9 Å². The first kappa shape index (κ1) is 24.4. The van der Waals surface area contributed by atoms with Crippen molar-refractivity contribution in [3.05, 3.63) is 6.08 Å². The number of aliphatic hydroxyl groups excluding tert-OH is 5. The third-order valence-corrected chi connectivity index (χ3v) is 6.20. The van der Waals surface area contributed by atoms with E-state index in [-0.39, 0.29) is 11.5 Å². The van der Waals surface area contributed by atoms with Crippen LogP contribution >= 0.6 is 7.82 Å². The molecule has 4 heterocycles. The van der Waals surface area contributed by atoms with E-state index in [0.717, 1.165) is 6.34 Å². The minimum absolute atomic E-state index is 0.172. The number of nitrogen functional groups attached to an aromatic ring is 1. The minimum Gasteiger partial charge on any atom is -0.394 e. The fraction of sp³-hybridized carbons (Fsp3) is 0.667. The zero-order chi connectivity index (χ0) is 24.3. The lowest BCUT2D eigenvalue weighted by Crippen LogP contribution is -2.68. The Bertz CT molecular complexity index is 999. The van der Waals surface area contributed by atoms with E-state index in [0.29, 0.717) is 0 Å². The maximum atomic E-state index is 14.1. The number of phosphoric acid groups is 1. The summed E-state index contributed by atoms with van der Waals surface area (Å²) in [6, 6.07) is 0. The predicted octanol–water partition coefficient (Wildman–Crippen LogP) is -3.83.